The molecule has 2 aliphatic rings. The molecule has 0 N–H and O–H groups in total. The Morgan fingerprint density at radius 3 is 2.47 bits per heavy atom. The minimum Gasteiger partial charge on any atom is -0.495 e. The first-order chi connectivity index (χ1) is 14.5. The predicted molar refractivity (Wildman–Crippen MR) is 113 cm³/mol. The number of hydrogen-bond donors (Lipinski definition) is 0. The topological polar surface area (TPSA) is 88.5 Å². The number of para-hydroxylation sites is 2. The summed E-state index contributed by atoms with van der Waals surface area (Å²) in [7, 11) is 1.46. The van der Waals surface area contributed by atoms with Crippen molar-refractivity contribution in [3.05, 3.63) is 53.0 Å². The Labute approximate surface area is 181 Å². The Morgan fingerprint density at radius 2 is 1.80 bits per heavy atom. The second-order valence-electron chi connectivity index (χ2n) is 6.63. The molecule has 1 fully saturated rings. The van der Waals surface area contributed by atoms with Crippen LogP contribution in [0.4, 0.5) is 11.4 Å². The summed E-state index contributed by atoms with van der Waals surface area (Å²) in [4.78, 5) is 40.4. The zero-order valence-electron chi connectivity index (χ0n) is 16.2. The molecule has 0 spiro atoms. The van der Waals surface area contributed by atoms with Crippen LogP contribution in [-0.2, 0) is 19.1 Å². The van der Waals surface area contributed by atoms with E-state index < -0.39 is 29.7 Å². The maximum absolute atomic E-state index is 13.4. The van der Waals surface area contributed by atoms with Crippen molar-refractivity contribution in [3.63, 3.8) is 0 Å². The lowest BCUT2D eigenvalue weighted by Gasteiger charge is -2.22. The Kier molecular flexibility index (Phi) is 5.29. The molecule has 30 heavy (non-hydrogen) atoms. The van der Waals surface area contributed by atoms with E-state index in [2.05, 4.69) is 21.0 Å². The highest BCUT2D eigenvalue weighted by Crippen LogP contribution is 2.40. The molecular formula is C21H18BrN3O5. The number of amides is 2. The second-order valence-corrected chi connectivity index (χ2v) is 7.55. The minimum absolute atomic E-state index is 0.0829. The number of methoxy groups -OCH3 is 1. The molecule has 2 heterocycles. The van der Waals surface area contributed by atoms with Crippen LogP contribution in [-0.4, -0.2) is 43.3 Å². The van der Waals surface area contributed by atoms with Gasteiger partial charge in [0.2, 0.25) is 5.91 Å². The van der Waals surface area contributed by atoms with Crippen LogP contribution in [0.3, 0.4) is 0 Å². The molecule has 0 aliphatic carbocycles. The molecule has 2 atom stereocenters. The zero-order chi connectivity index (χ0) is 21.4. The number of ether oxygens (including phenoxy) is 2. The first kappa shape index (κ1) is 20.1. The molecule has 0 aromatic heterocycles. The van der Waals surface area contributed by atoms with E-state index in [1.807, 2.05) is 0 Å². The van der Waals surface area contributed by atoms with Crippen LogP contribution in [0, 0.1) is 5.92 Å². The maximum atomic E-state index is 13.4. The summed E-state index contributed by atoms with van der Waals surface area (Å²) in [5.41, 5.74) is 0.819. The molecule has 2 amide bonds. The summed E-state index contributed by atoms with van der Waals surface area (Å²) in [5.74, 6) is -2.43. The van der Waals surface area contributed by atoms with Crippen LogP contribution in [0.2, 0.25) is 0 Å². The van der Waals surface area contributed by atoms with Gasteiger partial charge in [-0.25, -0.2) is 9.69 Å². The standard InChI is InChI=1S/C21H18BrN3O5/c1-3-30-21(28)17-16-18(25(23-17)13-10-8-12(22)9-11-13)20(27)24(19(16)26)14-6-4-5-7-15(14)29-2/h4-11,16,18H,3H2,1-2H3/t16-,18+/m1/s1. The van der Waals surface area contributed by atoms with Gasteiger partial charge in [-0.15, -0.1) is 0 Å². The Hall–Kier alpha value is -3.20. The molecule has 2 aliphatic heterocycles. The van der Waals surface area contributed by atoms with Crippen molar-refractivity contribution >= 4 is 50.8 Å². The van der Waals surface area contributed by atoms with E-state index >= 15 is 0 Å². The van der Waals surface area contributed by atoms with E-state index in [1.165, 1.54) is 12.1 Å². The highest BCUT2D eigenvalue weighted by Gasteiger charge is 2.59. The van der Waals surface area contributed by atoms with Crippen LogP contribution in [0.25, 0.3) is 0 Å². The molecule has 2 aromatic carbocycles. The number of anilines is 2. The number of carbonyl (C=O) groups is 3. The first-order valence-corrected chi connectivity index (χ1v) is 10.1. The lowest BCUT2D eigenvalue weighted by molar-refractivity contribution is -0.136. The zero-order valence-corrected chi connectivity index (χ0v) is 17.8. The smallest absolute Gasteiger partial charge is 0.355 e. The van der Waals surface area contributed by atoms with Crippen molar-refractivity contribution in [2.24, 2.45) is 11.0 Å². The summed E-state index contributed by atoms with van der Waals surface area (Å²) in [6, 6.07) is 12.8. The molecular weight excluding hydrogens is 454 g/mol. The number of benzene rings is 2. The SMILES string of the molecule is CCOC(=O)C1=NN(c2ccc(Br)cc2)[C@@H]2C(=O)N(c3ccccc3OC)C(=O)[C@H]12. The molecule has 8 nitrogen and oxygen atoms in total. The fourth-order valence-corrected chi connectivity index (χ4v) is 3.91. The average Bonchev–Trinajstić information content (AvgIpc) is 3.26. The van der Waals surface area contributed by atoms with Gasteiger partial charge in [0.05, 0.1) is 25.1 Å². The van der Waals surface area contributed by atoms with Gasteiger partial charge in [0.1, 0.15) is 17.7 Å². The first-order valence-electron chi connectivity index (χ1n) is 9.29. The fourth-order valence-electron chi connectivity index (χ4n) is 3.65. The van der Waals surface area contributed by atoms with E-state index in [0.29, 0.717) is 17.1 Å². The fraction of sp³-hybridized carbons (Fsp3) is 0.238. The highest BCUT2D eigenvalue weighted by atomic mass is 79.9. The van der Waals surface area contributed by atoms with Crippen molar-refractivity contribution in [1.29, 1.82) is 0 Å². The molecule has 154 valence electrons. The van der Waals surface area contributed by atoms with Gasteiger partial charge >= 0.3 is 5.97 Å². The third-order valence-corrected chi connectivity index (χ3v) is 5.48. The van der Waals surface area contributed by atoms with Crippen LogP contribution in [0.1, 0.15) is 6.92 Å². The van der Waals surface area contributed by atoms with Crippen molar-refractivity contribution in [2.75, 3.05) is 23.6 Å². The summed E-state index contributed by atoms with van der Waals surface area (Å²) in [6.45, 7) is 1.80. The van der Waals surface area contributed by atoms with Crippen LogP contribution in [0.5, 0.6) is 5.75 Å². The third-order valence-electron chi connectivity index (χ3n) is 4.95. The predicted octanol–water partition coefficient (Wildman–Crippen LogP) is 2.76. The quantitative estimate of drug-likeness (QED) is 0.492. The number of carbonyl (C=O) groups excluding carboxylic acids is 3. The van der Waals surface area contributed by atoms with E-state index in [9.17, 15) is 14.4 Å². The summed E-state index contributed by atoms with van der Waals surface area (Å²) in [6.07, 6.45) is 0. The Morgan fingerprint density at radius 1 is 1.10 bits per heavy atom. The van der Waals surface area contributed by atoms with Crippen molar-refractivity contribution in [1.82, 2.24) is 0 Å². The van der Waals surface area contributed by atoms with E-state index in [1.54, 1.807) is 55.5 Å². The molecule has 0 radical (unpaired) electrons. The lowest BCUT2D eigenvalue weighted by atomic mass is 9.98. The Bertz CT molecular complexity index is 1050. The van der Waals surface area contributed by atoms with Gasteiger partial charge in [-0.1, -0.05) is 28.1 Å². The normalized spacial score (nSPS) is 20.3. The van der Waals surface area contributed by atoms with Gasteiger partial charge in [0.25, 0.3) is 5.91 Å². The molecule has 0 saturated carbocycles. The number of fused-ring (bicyclic) bond motifs is 1. The number of halogens is 1. The van der Waals surface area contributed by atoms with Crippen LogP contribution in [0.15, 0.2) is 58.1 Å². The molecule has 2 aromatic rings. The highest BCUT2D eigenvalue weighted by molar-refractivity contribution is 9.10. The number of nitrogens with zero attached hydrogens (tertiary/aromatic N) is 3. The molecule has 0 bridgehead atoms. The number of hydrazone groups is 1. The largest absolute Gasteiger partial charge is 0.495 e. The molecule has 4 rings (SSSR count). The lowest BCUT2D eigenvalue weighted by Crippen LogP contribution is -2.39. The second kappa shape index (κ2) is 7.91. The van der Waals surface area contributed by atoms with E-state index in [-0.39, 0.29) is 12.3 Å². The average molecular weight is 472 g/mol. The van der Waals surface area contributed by atoms with Crippen molar-refractivity contribution < 1.29 is 23.9 Å². The van der Waals surface area contributed by atoms with Gasteiger partial charge in [-0.05, 0) is 43.3 Å². The minimum atomic E-state index is -1.06. The number of rotatable bonds is 5. The van der Waals surface area contributed by atoms with Crippen LogP contribution < -0.4 is 14.6 Å². The van der Waals surface area contributed by atoms with Gasteiger partial charge in [-0.2, -0.15) is 5.10 Å². The van der Waals surface area contributed by atoms with E-state index in [0.717, 1.165) is 9.37 Å². The van der Waals surface area contributed by atoms with Crippen molar-refractivity contribution in [2.45, 2.75) is 13.0 Å². The van der Waals surface area contributed by atoms with Gasteiger partial charge in [-0.3, -0.25) is 14.6 Å². The third kappa shape index (κ3) is 3.15. The summed E-state index contributed by atoms with van der Waals surface area (Å²) >= 11 is 3.37. The molecule has 9 heteroatoms. The molecule has 0 unspecified atom stereocenters. The summed E-state index contributed by atoms with van der Waals surface area (Å²) in [5, 5.41) is 5.74. The van der Waals surface area contributed by atoms with Crippen molar-refractivity contribution in [3.8, 4) is 5.75 Å². The maximum Gasteiger partial charge on any atom is 0.355 e. The van der Waals surface area contributed by atoms with Gasteiger partial charge < -0.3 is 9.47 Å². The Balaban J connectivity index is 1.81. The van der Waals surface area contributed by atoms with Gasteiger partial charge in [0, 0.05) is 4.47 Å². The molecule has 1 saturated heterocycles. The summed E-state index contributed by atoms with van der Waals surface area (Å²) < 4.78 is 11.3. The monoisotopic (exact) mass is 471 g/mol. The van der Waals surface area contributed by atoms with Crippen LogP contribution >= 0.6 is 15.9 Å². The van der Waals surface area contributed by atoms with Gasteiger partial charge in [0.15, 0.2) is 5.71 Å². The number of hydrogen-bond acceptors (Lipinski definition) is 7. The number of esters is 1. The number of imide groups is 1. The van der Waals surface area contributed by atoms with E-state index in [4.69, 9.17) is 9.47 Å².